The van der Waals surface area contributed by atoms with E-state index in [-0.39, 0.29) is 17.5 Å². The van der Waals surface area contributed by atoms with E-state index in [1.54, 1.807) is 13.1 Å². The molecule has 4 nitrogen and oxygen atoms in total. The van der Waals surface area contributed by atoms with Gasteiger partial charge in [-0.25, -0.2) is 8.42 Å². The molecule has 5 heteroatoms. The molecule has 2 rings (SSSR count). The van der Waals surface area contributed by atoms with Crippen molar-refractivity contribution in [2.45, 2.75) is 25.8 Å². The minimum absolute atomic E-state index is 0.210. The summed E-state index contributed by atoms with van der Waals surface area (Å²) in [5.41, 5.74) is 2.37. The van der Waals surface area contributed by atoms with Gasteiger partial charge in [0.2, 0.25) is 0 Å². The van der Waals surface area contributed by atoms with Gasteiger partial charge in [-0.15, -0.1) is 0 Å². The van der Waals surface area contributed by atoms with Gasteiger partial charge >= 0.3 is 0 Å². The van der Waals surface area contributed by atoms with E-state index in [0.29, 0.717) is 6.54 Å². The summed E-state index contributed by atoms with van der Waals surface area (Å²) in [6, 6.07) is 4.26. The highest BCUT2D eigenvalue weighted by Crippen LogP contribution is 2.28. The smallest absolute Gasteiger partial charge is 0.151 e. The summed E-state index contributed by atoms with van der Waals surface area (Å²) in [7, 11) is -2.87. The van der Waals surface area contributed by atoms with E-state index in [2.05, 4.69) is 16.4 Å². The molecule has 0 aliphatic heterocycles. The SMILES string of the molecule is CCS(=O)(=O)CCNC1CCc2cccnc21. The highest BCUT2D eigenvalue weighted by atomic mass is 32.2. The van der Waals surface area contributed by atoms with Crippen molar-refractivity contribution in [3.63, 3.8) is 0 Å². The molecule has 1 heterocycles. The number of fused-ring (bicyclic) bond motifs is 1. The molecule has 1 N–H and O–H groups in total. The molecular formula is C12H18N2O2S. The summed E-state index contributed by atoms with van der Waals surface area (Å²) in [5.74, 6) is 0.427. The number of nitrogens with one attached hydrogen (secondary N) is 1. The zero-order chi connectivity index (χ0) is 12.3. The van der Waals surface area contributed by atoms with Crippen LogP contribution >= 0.6 is 0 Å². The molecule has 0 radical (unpaired) electrons. The number of nitrogens with zero attached hydrogens (tertiary/aromatic N) is 1. The first kappa shape index (κ1) is 12.5. The predicted molar refractivity (Wildman–Crippen MR) is 67.6 cm³/mol. The van der Waals surface area contributed by atoms with Gasteiger partial charge in [0.25, 0.3) is 0 Å². The summed E-state index contributed by atoms with van der Waals surface area (Å²) in [6.07, 6.45) is 3.83. The molecule has 1 atom stereocenters. The lowest BCUT2D eigenvalue weighted by Crippen LogP contribution is -2.27. The molecule has 0 saturated carbocycles. The van der Waals surface area contributed by atoms with Crippen molar-refractivity contribution >= 4 is 9.84 Å². The number of aryl methyl sites for hydroxylation is 1. The Morgan fingerprint density at radius 1 is 1.53 bits per heavy atom. The molecule has 0 saturated heterocycles. The highest BCUT2D eigenvalue weighted by Gasteiger charge is 2.23. The molecule has 0 amide bonds. The van der Waals surface area contributed by atoms with Crippen LogP contribution in [-0.4, -0.2) is 31.5 Å². The third-order valence-corrected chi connectivity index (χ3v) is 4.91. The van der Waals surface area contributed by atoms with Gasteiger partial charge in [-0.05, 0) is 24.5 Å². The molecule has 94 valence electrons. The first-order valence-electron chi connectivity index (χ1n) is 6.00. The Hall–Kier alpha value is -0.940. The molecule has 1 aliphatic rings. The molecule has 0 bridgehead atoms. The first-order chi connectivity index (χ1) is 8.12. The third kappa shape index (κ3) is 3.04. The van der Waals surface area contributed by atoms with Crippen molar-refractivity contribution in [1.29, 1.82) is 0 Å². The third-order valence-electron chi connectivity index (χ3n) is 3.20. The summed E-state index contributed by atoms with van der Waals surface area (Å²) in [6.45, 7) is 2.19. The molecule has 0 spiro atoms. The fourth-order valence-electron chi connectivity index (χ4n) is 2.14. The Morgan fingerprint density at radius 2 is 2.35 bits per heavy atom. The van der Waals surface area contributed by atoms with Crippen LogP contribution in [0.2, 0.25) is 0 Å². The highest BCUT2D eigenvalue weighted by molar-refractivity contribution is 7.91. The van der Waals surface area contributed by atoms with Crippen LogP contribution in [0, 0.1) is 0 Å². The molecule has 1 aromatic rings. The van der Waals surface area contributed by atoms with Gasteiger partial charge in [0, 0.05) is 18.5 Å². The molecular weight excluding hydrogens is 236 g/mol. The zero-order valence-electron chi connectivity index (χ0n) is 10.0. The molecule has 1 unspecified atom stereocenters. The quantitative estimate of drug-likeness (QED) is 0.854. The lowest BCUT2D eigenvalue weighted by Gasteiger charge is -2.12. The van der Waals surface area contributed by atoms with Gasteiger partial charge in [-0.3, -0.25) is 4.98 Å². The maximum Gasteiger partial charge on any atom is 0.151 e. The van der Waals surface area contributed by atoms with E-state index in [4.69, 9.17) is 0 Å². The maximum atomic E-state index is 11.4. The Morgan fingerprint density at radius 3 is 3.12 bits per heavy atom. The summed E-state index contributed by atoms with van der Waals surface area (Å²) in [4.78, 5) is 4.36. The van der Waals surface area contributed by atoms with E-state index in [0.717, 1.165) is 18.5 Å². The number of sulfone groups is 1. The number of hydrogen-bond acceptors (Lipinski definition) is 4. The molecule has 0 aromatic carbocycles. The number of aromatic nitrogens is 1. The van der Waals surface area contributed by atoms with Crippen LogP contribution in [0.3, 0.4) is 0 Å². The van der Waals surface area contributed by atoms with Crippen LogP contribution in [-0.2, 0) is 16.3 Å². The maximum absolute atomic E-state index is 11.4. The molecule has 1 aromatic heterocycles. The molecule has 17 heavy (non-hydrogen) atoms. The van der Waals surface area contributed by atoms with E-state index in [9.17, 15) is 8.42 Å². The van der Waals surface area contributed by atoms with Crippen molar-refractivity contribution < 1.29 is 8.42 Å². The lowest BCUT2D eigenvalue weighted by molar-refractivity contribution is 0.533. The van der Waals surface area contributed by atoms with Gasteiger partial charge < -0.3 is 5.32 Å². The summed E-state index contributed by atoms with van der Waals surface area (Å²) < 4.78 is 22.7. The average Bonchev–Trinajstić information content (AvgIpc) is 2.73. The largest absolute Gasteiger partial charge is 0.308 e. The summed E-state index contributed by atoms with van der Waals surface area (Å²) in [5, 5.41) is 3.29. The van der Waals surface area contributed by atoms with Crippen LogP contribution in [0.25, 0.3) is 0 Å². The second-order valence-electron chi connectivity index (χ2n) is 4.33. The van der Waals surface area contributed by atoms with Crippen LogP contribution in [0.5, 0.6) is 0 Å². The zero-order valence-corrected chi connectivity index (χ0v) is 10.8. The Balaban J connectivity index is 1.90. The van der Waals surface area contributed by atoms with Crippen molar-refractivity contribution in [2.24, 2.45) is 0 Å². The predicted octanol–water partition coefficient (Wildman–Crippen LogP) is 1.09. The van der Waals surface area contributed by atoms with Gasteiger partial charge in [-0.2, -0.15) is 0 Å². The van der Waals surface area contributed by atoms with E-state index < -0.39 is 9.84 Å². The number of pyridine rings is 1. The normalized spacial score (nSPS) is 19.2. The van der Waals surface area contributed by atoms with Gasteiger partial charge in [0.1, 0.15) is 0 Å². The minimum Gasteiger partial charge on any atom is -0.308 e. The van der Waals surface area contributed by atoms with E-state index in [1.165, 1.54) is 5.56 Å². The molecule has 1 aliphatic carbocycles. The van der Waals surface area contributed by atoms with Gasteiger partial charge in [0.15, 0.2) is 9.84 Å². The monoisotopic (exact) mass is 254 g/mol. The Bertz CT molecular complexity index is 485. The number of rotatable bonds is 5. The van der Waals surface area contributed by atoms with Crippen LogP contribution in [0.4, 0.5) is 0 Å². The standard InChI is InChI=1S/C12H18N2O2S/c1-2-17(15,16)9-8-13-11-6-5-10-4-3-7-14-12(10)11/h3-4,7,11,13H,2,5-6,8-9H2,1H3. The average molecular weight is 254 g/mol. The lowest BCUT2D eigenvalue weighted by atomic mass is 10.2. The molecule has 0 fully saturated rings. The van der Waals surface area contributed by atoms with Gasteiger partial charge in [0.05, 0.1) is 17.5 Å². The first-order valence-corrected chi connectivity index (χ1v) is 7.82. The van der Waals surface area contributed by atoms with Crippen LogP contribution in [0.1, 0.15) is 30.6 Å². The summed E-state index contributed by atoms with van der Waals surface area (Å²) >= 11 is 0. The van der Waals surface area contributed by atoms with Gasteiger partial charge in [-0.1, -0.05) is 13.0 Å². The second kappa shape index (κ2) is 5.14. The number of hydrogen-bond donors (Lipinski definition) is 1. The van der Waals surface area contributed by atoms with Crippen molar-refractivity contribution in [3.8, 4) is 0 Å². The Labute approximate surface area is 102 Å². The Kier molecular flexibility index (Phi) is 3.79. The van der Waals surface area contributed by atoms with Crippen LogP contribution in [0.15, 0.2) is 18.3 Å². The van der Waals surface area contributed by atoms with Crippen molar-refractivity contribution in [3.05, 3.63) is 29.6 Å². The van der Waals surface area contributed by atoms with Crippen molar-refractivity contribution in [1.82, 2.24) is 10.3 Å². The minimum atomic E-state index is -2.87. The fraction of sp³-hybridized carbons (Fsp3) is 0.583. The van der Waals surface area contributed by atoms with Crippen molar-refractivity contribution in [2.75, 3.05) is 18.1 Å². The van der Waals surface area contributed by atoms with E-state index >= 15 is 0 Å². The fourth-order valence-corrected chi connectivity index (χ4v) is 2.86. The van der Waals surface area contributed by atoms with Crippen LogP contribution < -0.4 is 5.32 Å². The van der Waals surface area contributed by atoms with E-state index in [1.807, 2.05) is 6.07 Å². The second-order valence-corrected chi connectivity index (χ2v) is 6.80. The topological polar surface area (TPSA) is 59.1 Å².